The van der Waals surface area contributed by atoms with Crippen LogP contribution in [0.4, 0.5) is 0 Å². The molecule has 342 valence electrons. The number of aliphatic hydroxyl groups is 3. The lowest BCUT2D eigenvalue weighted by atomic mass is 9.88. The molecule has 0 aromatic carbocycles. The number of unbranched alkanes of at least 4 members (excludes halogenated alkanes) is 5. The lowest BCUT2D eigenvalue weighted by Crippen LogP contribution is -2.29. The number of phosphoric acid groups is 1. The first-order chi connectivity index (χ1) is 29.0. The molecule has 7 atom stereocenters. The summed E-state index contributed by atoms with van der Waals surface area (Å²) in [4.78, 5) is 35.1. The first-order valence-corrected chi connectivity index (χ1v) is 23.8. The minimum Gasteiger partial charge on any atom is -0.462 e. The molecule has 1 unspecified atom stereocenters. The van der Waals surface area contributed by atoms with Crippen molar-refractivity contribution in [2.24, 2.45) is 17.6 Å². The van der Waals surface area contributed by atoms with Crippen molar-refractivity contribution >= 4 is 19.8 Å². The molecular formula is C47H78NO11P. The molecule has 0 aromatic rings. The molecule has 0 radical (unpaired) electrons. The zero-order chi connectivity index (χ0) is 44.1. The summed E-state index contributed by atoms with van der Waals surface area (Å²) in [6.07, 6.45) is 39.8. The van der Waals surface area contributed by atoms with Gasteiger partial charge in [-0.05, 0) is 70.1 Å². The van der Waals surface area contributed by atoms with Gasteiger partial charge in [-0.15, -0.1) is 0 Å². The van der Waals surface area contributed by atoms with Crippen LogP contribution < -0.4 is 5.73 Å². The van der Waals surface area contributed by atoms with E-state index >= 15 is 0 Å². The van der Waals surface area contributed by atoms with Crippen LogP contribution in [0.3, 0.4) is 0 Å². The van der Waals surface area contributed by atoms with Crippen LogP contribution in [0.25, 0.3) is 0 Å². The van der Waals surface area contributed by atoms with Crippen LogP contribution in [0.5, 0.6) is 0 Å². The molecule has 13 heteroatoms. The number of rotatable bonds is 36. The number of nitrogens with two attached hydrogens (primary N) is 1. The number of carbonyl (C=O) groups excluding carboxylic acids is 2. The number of allylic oxidation sites excluding steroid dienone is 12. The number of ether oxygens (including phenoxy) is 2. The highest BCUT2D eigenvalue weighted by molar-refractivity contribution is 7.47. The van der Waals surface area contributed by atoms with Crippen molar-refractivity contribution in [1.29, 1.82) is 0 Å². The number of aliphatic hydroxyl groups excluding tert-OH is 3. The van der Waals surface area contributed by atoms with Gasteiger partial charge in [0.15, 0.2) is 6.10 Å². The fourth-order valence-electron chi connectivity index (χ4n) is 6.58. The van der Waals surface area contributed by atoms with E-state index < -0.39 is 50.8 Å². The van der Waals surface area contributed by atoms with Crippen molar-refractivity contribution in [3.05, 3.63) is 85.1 Å². The second-order valence-electron chi connectivity index (χ2n) is 15.1. The summed E-state index contributed by atoms with van der Waals surface area (Å²) in [6.45, 7) is 3.16. The van der Waals surface area contributed by atoms with Crippen LogP contribution in [0.15, 0.2) is 85.1 Å². The molecule has 1 aliphatic carbocycles. The second kappa shape index (κ2) is 36.7. The topological polar surface area (TPSA) is 195 Å². The SMILES string of the molecule is CC/C=C\C/C=C\C/C=C\C/C=C\C/C=C\C/C=C\CCC(=O)OC[C@H](COP(=O)(O)OCCN)OC(=O)CCCCCC[C@@H]1[C@@H](/C=C/[C@@H](O)CCCCC)[C@H](O)C[C@@H]1O. The van der Waals surface area contributed by atoms with E-state index in [0.29, 0.717) is 32.1 Å². The molecule has 6 N–H and O–H groups in total. The number of esters is 2. The van der Waals surface area contributed by atoms with Crippen molar-refractivity contribution in [1.82, 2.24) is 0 Å². The molecule has 1 aliphatic rings. The zero-order valence-electron chi connectivity index (χ0n) is 36.5. The summed E-state index contributed by atoms with van der Waals surface area (Å²) in [5.41, 5.74) is 5.34. The summed E-state index contributed by atoms with van der Waals surface area (Å²) < 4.78 is 32.7. The van der Waals surface area contributed by atoms with Gasteiger partial charge in [-0.3, -0.25) is 18.6 Å². The van der Waals surface area contributed by atoms with E-state index in [1.807, 2.05) is 18.2 Å². The summed E-state index contributed by atoms with van der Waals surface area (Å²) in [7, 11) is -4.46. The Morgan fingerprint density at radius 1 is 0.733 bits per heavy atom. The van der Waals surface area contributed by atoms with Crippen LogP contribution in [0.2, 0.25) is 0 Å². The number of carbonyl (C=O) groups is 2. The Hall–Kier alpha value is -2.93. The summed E-state index contributed by atoms with van der Waals surface area (Å²) in [6, 6.07) is 0. The molecule has 1 fully saturated rings. The average Bonchev–Trinajstić information content (AvgIpc) is 3.49. The molecule has 12 nitrogen and oxygen atoms in total. The van der Waals surface area contributed by atoms with Gasteiger partial charge in [0.25, 0.3) is 0 Å². The Bertz CT molecular complexity index is 1370. The second-order valence-corrected chi connectivity index (χ2v) is 16.6. The summed E-state index contributed by atoms with van der Waals surface area (Å²) in [5.74, 6) is -1.39. The Kier molecular flexibility index (Phi) is 33.7. The maximum absolute atomic E-state index is 12.7. The molecule has 0 spiro atoms. The average molecular weight is 864 g/mol. The quantitative estimate of drug-likeness (QED) is 0.0174. The van der Waals surface area contributed by atoms with Gasteiger partial charge in [-0.25, -0.2) is 4.57 Å². The Labute approximate surface area is 361 Å². The molecule has 0 bridgehead atoms. The molecule has 1 saturated carbocycles. The van der Waals surface area contributed by atoms with Gasteiger partial charge in [0, 0.05) is 31.7 Å². The Morgan fingerprint density at radius 3 is 1.93 bits per heavy atom. The van der Waals surface area contributed by atoms with Crippen molar-refractivity contribution < 1.29 is 52.9 Å². The van der Waals surface area contributed by atoms with Gasteiger partial charge in [0.1, 0.15) is 6.61 Å². The molecule has 0 saturated heterocycles. The fourth-order valence-corrected chi connectivity index (χ4v) is 7.34. The summed E-state index contributed by atoms with van der Waals surface area (Å²) >= 11 is 0. The monoisotopic (exact) mass is 864 g/mol. The van der Waals surface area contributed by atoms with Gasteiger partial charge in [0.2, 0.25) is 0 Å². The molecule has 0 aliphatic heterocycles. The minimum absolute atomic E-state index is 0.00481. The third-order valence-electron chi connectivity index (χ3n) is 9.88. The maximum atomic E-state index is 12.7. The Balaban J connectivity index is 2.42. The lowest BCUT2D eigenvalue weighted by Gasteiger charge is -2.21. The normalized spacial score (nSPS) is 20.9. The van der Waals surface area contributed by atoms with E-state index in [2.05, 4.69) is 74.6 Å². The van der Waals surface area contributed by atoms with Gasteiger partial charge in [-0.2, -0.15) is 0 Å². The van der Waals surface area contributed by atoms with Gasteiger partial charge >= 0.3 is 19.8 Å². The zero-order valence-corrected chi connectivity index (χ0v) is 37.4. The van der Waals surface area contributed by atoms with Gasteiger partial charge < -0.3 is 35.4 Å². The highest BCUT2D eigenvalue weighted by Gasteiger charge is 2.39. The third kappa shape index (κ3) is 30.2. The predicted molar refractivity (Wildman–Crippen MR) is 240 cm³/mol. The Morgan fingerprint density at radius 2 is 1.33 bits per heavy atom. The first kappa shape index (κ1) is 55.1. The van der Waals surface area contributed by atoms with Crippen LogP contribution in [-0.2, 0) is 32.7 Å². The first-order valence-electron chi connectivity index (χ1n) is 22.3. The van der Waals surface area contributed by atoms with Crippen LogP contribution in [0.1, 0.15) is 136 Å². The molecular weight excluding hydrogens is 785 g/mol. The lowest BCUT2D eigenvalue weighted by molar-refractivity contribution is -0.161. The fraction of sp³-hybridized carbons (Fsp3) is 0.660. The van der Waals surface area contributed by atoms with Gasteiger partial charge in [-0.1, -0.05) is 137 Å². The molecule has 0 aromatic heterocycles. The van der Waals surface area contributed by atoms with E-state index in [9.17, 15) is 34.4 Å². The molecule has 0 heterocycles. The van der Waals surface area contributed by atoms with Crippen LogP contribution in [0, 0.1) is 11.8 Å². The van der Waals surface area contributed by atoms with Gasteiger partial charge in [0.05, 0.1) is 31.5 Å². The minimum atomic E-state index is -4.46. The van der Waals surface area contributed by atoms with E-state index in [-0.39, 0.29) is 44.4 Å². The number of hydrogen-bond acceptors (Lipinski definition) is 11. The van der Waals surface area contributed by atoms with E-state index in [1.54, 1.807) is 6.08 Å². The van der Waals surface area contributed by atoms with E-state index in [0.717, 1.165) is 77.0 Å². The van der Waals surface area contributed by atoms with E-state index in [1.165, 1.54) is 0 Å². The van der Waals surface area contributed by atoms with Crippen LogP contribution in [-0.4, -0.2) is 82.9 Å². The molecule has 0 amide bonds. The smallest absolute Gasteiger partial charge is 0.462 e. The third-order valence-corrected chi connectivity index (χ3v) is 10.9. The summed E-state index contributed by atoms with van der Waals surface area (Å²) in [5, 5.41) is 31.4. The molecule has 1 rings (SSSR count). The molecule has 60 heavy (non-hydrogen) atoms. The number of hydrogen-bond donors (Lipinski definition) is 5. The van der Waals surface area contributed by atoms with Crippen molar-refractivity contribution in [2.75, 3.05) is 26.4 Å². The van der Waals surface area contributed by atoms with Crippen molar-refractivity contribution in [3.63, 3.8) is 0 Å². The van der Waals surface area contributed by atoms with Crippen molar-refractivity contribution in [2.45, 2.75) is 160 Å². The predicted octanol–water partition coefficient (Wildman–Crippen LogP) is 9.21. The van der Waals surface area contributed by atoms with Crippen LogP contribution >= 0.6 is 7.82 Å². The number of phosphoric ester groups is 1. The maximum Gasteiger partial charge on any atom is 0.472 e. The van der Waals surface area contributed by atoms with E-state index in [4.69, 9.17) is 24.3 Å². The standard InChI is InChI=1S/C47H78NO11P/c1-3-5-7-8-9-10-11-12-13-14-15-16-17-18-19-20-21-22-27-31-46(52)56-38-41(39-58-60(54,55)57-36-35-48)59-47(53)32-28-24-23-26-30-42-43(45(51)37-44(42)50)34-33-40(49)29-25-6-4-2/h5,7,9-10,12-13,15-16,18-19,21-22,33-34,40-45,49-51H,3-4,6,8,11,14,17,20,23-32,35-39,48H2,1-2H3,(H,54,55)/b7-5-,10-9-,13-12-,16-15-,19-18-,22-21-,34-33+/t40-,41+,42+,43+,44-,45+/m0/s1. The van der Waals surface area contributed by atoms with Crippen molar-refractivity contribution in [3.8, 4) is 0 Å². The largest absolute Gasteiger partial charge is 0.472 e. The highest BCUT2D eigenvalue weighted by Crippen LogP contribution is 2.43. The highest BCUT2D eigenvalue weighted by atomic mass is 31.2.